The van der Waals surface area contributed by atoms with E-state index in [0.717, 1.165) is 25.7 Å². The molecule has 29 heavy (non-hydrogen) atoms. The molecule has 2 aromatic carbocycles. The first-order chi connectivity index (χ1) is 13.9. The molecule has 1 aliphatic heterocycles. The van der Waals surface area contributed by atoms with Gasteiger partial charge in [0.25, 0.3) is 0 Å². The number of sulfonamides is 1. The molecule has 0 spiro atoms. The lowest BCUT2D eigenvalue weighted by Gasteiger charge is -2.20. The third-order valence-electron chi connectivity index (χ3n) is 4.78. The van der Waals surface area contributed by atoms with Crippen molar-refractivity contribution in [3.05, 3.63) is 47.0 Å². The van der Waals surface area contributed by atoms with Crippen LogP contribution >= 0.6 is 11.6 Å². The van der Waals surface area contributed by atoms with Crippen LogP contribution in [0.1, 0.15) is 38.2 Å². The van der Waals surface area contributed by atoms with Gasteiger partial charge in [0, 0.05) is 30.9 Å². The molecule has 0 atom stereocenters. The summed E-state index contributed by atoms with van der Waals surface area (Å²) in [5.74, 6) is 0.579. The number of halogens is 1. The second-order valence-electron chi connectivity index (χ2n) is 6.84. The van der Waals surface area contributed by atoms with Crippen molar-refractivity contribution < 1.29 is 18.3 Å². The summed E-state index contributed by atoms with van der Waals surface area (Å²) in [6, 6.07) is 9.44. The standard InChI is InChI=1S/C21H25ClN2O4S/c1-2-28-17-8-7-16(21(25)13-17)15-23-20-14-18(9-10-19(20)22)29(26,27)24-11-5-3-4-6-12-24/h7-10,13-15,25H,2-6,11-12H2,1H3. The first-order valence-corrected chi connectivity index (χ1v) is 11.5. The highest BCUT2D eigenvalue weighted by Gasteiger charge is 2.25. The number of hydrogen-bond donors (Lipinski definition) is 1. The number of nitrogens with zero attached hydrogens (tertiary/aromatic N) is 2. The Bertz CT molecular complexity index is 984. The van der Waals surface area contributed by atoms with Crippen LogP contribution in [0.5, 0.6) is 11.5 Å². The number of aromatic hydroxyl groups is 1. The summed E-state index contributed by atoms with van der Waals surface area (Å²) in [6.45, 7) is 3.43. The Morgan fingerprint density at radius 1 is 1.14 bits per heavy atom. The van der Waals surface area contributed by atoms with Crippen LogP contribution in [0.2, 0.25) is 5.02 Å². The van der Waals surface area contributed by atoms with Crippen LogP contribution in [-0.4, -0.2) is 43.7 Å². The number of benzene rings is 2. The highest BCUT2D eigenvalue weighted by atomic mass is 35.5. The normalized spacial score (nSPS) is 16.1. The highest BCUT2D eigenvalue weighted by Crippen LogP contribution is 2.31. The fourth-order valence-corrected chi connectivity index (χ4v) is 4.92. The Morgan fingerprint density at radius 2 is 1.86 bits per heavy atom. The first-order valence-electron chi connectivity index (χ1n) is 9.71. The number of hydrogen-bond acceptors (Lipinski definition) is 5. The van der Waals surface area contributed by atoms with E-state index >= 15 is 0 Å². The summed E-state index contributed by atoms with van der Waals surface area (Å²) in [6.07, 6.45) is 5.29. The quantitative estimate of drug-likeness (QED) is 0.662. The molecule has 0 radical (unpaired) electrons. The van der Waals surface area contributed by atoms with E-state index in [4.69, 9.17) is 16.3 Å². The molecule has 8 heteroatoms. The van der Waals surface area contributed by atoms with Crippen molar-refractivity contribution >= 4 is 33.5 Å². The van der Waals surface area contributed by atoms with Gasteiger partial charge in [0.15, 0.2) is 0 Å². The maximum Gasteiger partial charge on any atom is 0.243 e. The van der Waals surface area contributed by atoms with Crippen LogP contribution in [0.25, 0.3) is 0 Å². The molecular formula is C21H25ClN2O4S. The van der Waals surface area contributed by atoms with Crippen molar-refractivity contribution in [3.63, 3.8) is 0 Å². The molecule has 1 N–H and O–H groups in total. The zero-order chi connectivity index (χ0) is 20.9. The van der Waals surface area contributed by atoms with Crippen LogP contribution in [0, 0.1) is 0 Å². The predicted molar refractivity (Wildman–Crippen MR) is 115 cm³/mol. The summed E-state index contributed by atoms with van der Waals surface area (Å²) >= 11 is 6.23. The summed E-state index contributed by atoms with van der Waals surface area (Å²) in [4.78, 5) is 4.48. The second kappa shape index (κ2) is 9.61. The lowest BCUT2D eigenvalue weighted by molar-refractivity contribution is 0.337. The fraction of sp³-hybridized carbons (Fsp3) is 0.381. The van der Waals surface area contributed by atoms with Gasteiger partial charge in [-0.3, -0.25) is 4.99 Å². The summed E-state index contributed by atoms with van der Waals surface area (Å²) in [7, 11) is -3.59. The number of phenolic OH excluding ortho intramolecular Hbond substituents is 1. The Balaban J connectivity index is 1.86. The van der Waals surface area contributed by atoms with E-state index in [1.807, 2.05) is 6.92 Å². The molecule has 0 amide bonds. The third-order valence-corrected chi connectivity index (χ3v) is 6.99. The SMILES string of the molecule is CCOc1ccc(C=Nc2cc(S(=O)(=O)N3CCCCCC3)ccc2Cl)c(O)c1. The molecule has 156 valence electrons. The Labute approximate surface area is 176 Å². The van der Waals surface area contributed by atoms with Gasteiger partial charge in [-0.1, -0.05) is 24.4 Å². The summed E-state index contributed by atoms with van der Waals surface area (Å²) in [5.41, 5.74) is 0.807. The Morgan fingerprint density at radius 3 is 2.52 bits per heavy atom. The molecule has 6 nitrogen and oxygen atoms in total. The number of rotatable bonds is 6. The average molecular weight is 437 g/mol. The van der Waals surface area contributed by atoms with Crippen LogP contribution < -0.4 is 4.74 Å². The van der Waals surface area contributed by atoms with Gasteiger partial charge in [0.1, 0.15) is 11.5 Å². The van der Waals surface area contributed by atoms with Gasteiger partial charge >= 0.3 is 0 Å². The second-order valence-corrected chi connectivity index (χ2v) is 9.19. The van der Waals surface area contributed by atoms with Gasteiger partial charge < -0.3 is 9.84 Å². The van der Waals surface area contributed by atoms with E-state index in [0.29, 0.717) is 41.7 Å². The molecule has 3 rings (SSSR count). The number of aliphatic imine (C=N–C) groups is 1. The first kappa shape index (κ1) is 21.6. The van der Waals surface area contributed by atoms with E-state index in [9.17, 15) is 13.5 Å². The maximum atomic E-state index is 13.0. The van der Waals surface area contributed by atoms with Crippen molar-refractivity contribution in [1.29, 1.82) is 0 Å². The highest BCUT2D eigenvalue weighted by molar-refractivity contribution is 7.89. The van der Waals surface area contributed by atoms with Crippen molar-refractivity contribution in [2.45, 2.75) is 37.5 Å². The van der Waals surface area contributed by atoms with Gasteiger partial charge in [0.2, 0.25) is 10.0 Å². The zero-order valence-corrected chi connectivity index (χ0v) is 17.9. The number of phenols is 1. The molecule has 1 aliphatic rings. The van der Waals surface area contributed by atoms with Gasteiger partial charge in [-0.25, -0.2) is 8.42 Å². The Hall–Kier alpha value is -2.09. The molecule has 0 bridgehead atoms. The van der Waals surface area contributed by atoms with Crippen LogP contribution in [0.4, 0.5) is 5.69 Å². The number of ether oxygens (including phenoxy) is 1. The van der Waals surface area contributed by atoms with E-state index in [-0.39, 0.29) is 10.6 Å². The largest absolute Gasteiger partial charge is 0.507 e. The third kappa shape index (κ3) is 5.29. The summed E-state index contributed by atoms with van der Waals surface area (Å²) in [5, 5.41) is 10.5. The molecular weight excluding hydrogens is 412 g/mol. The van der Waals surface area contributed by atoms with Crippen molar-refractivity contribution in [1.82, 2.24) is 4.31 Å². The van der Waals surface area contributed by atoms with Crippen LogP contribution in [0.3, 0.4) is 0 Å². The molecule has 2 aromatic rings. The van der Waals surface area contributed by atoms with E-state index in [1.54, 1.807) is 12.1 Å². The van der Waals surface area contributed by atoms with E-state index in [2.05, 4.69) is 4.99 Å². The Kier molecular flexibility index (Phi) is 7.16. The predicted octanol–water partition coefficient (Wildman–Crippen LogP) is 4.76. The van der Waals surface area contributed by atoms with E-state index < -0.39 is 10.0 Å². The van der Waals surface area contributed by atoms with E-state index in [1.165, 1.54) is 34.8 Å². The molecule has 1 heterocycles. The minimum atomic E-state index is -3.59. The molecule has 0 unspecified atom stereocenters. The van der Waals surface area contributed by atoms with Gasteiger partial charge in [-0.05, 0) is 50.1 Å². The zero-order valence-electron chi connectivity index (χ0n) is 16.3. The molecule has 0 aliphatic carbocycles. The molecule has 1 fully saturated rings. The minimum absolute atomic E-state index is 0.0177. The molecule has 0 saturated carbocycles. The van der Waals surface area contributed by atoms with Crippen LogP contribution in [0.15, 0.2) is 46.3 Å². The smallest absolute Gasteiger partial charge is 0.243 e. The fourth-order valence-electron chi connectivity index (χ4n) is 3.21. The van der Waals surface area contributed by atoms with Gasteiger partial charge in [0.05, 0.1) is 22.2 Å². The lowest BCUT2D eigenvalue weighted by atomic mass is 10.2. The average Bonchev–Trinajstić information content (AvgIpc) is 2.99. The van der Waals surface area contributed by atoms with Gasteiger partial charge in [-0.15, -0.1) is 0 Å². The van der Waals surface area contributed by atoms with Crippen LogP contribution in [-0.2, 0) is 10.0 Å². The molecule has 1 saturated heterocycles. The topological polar surface area (TPSA) is 79.2 Å². The monoisotopic (exact) mass is 436 g/mol. The van der Waals surface area contributed by atoms with Crippen molar-refractivity contribution in [3.8, 4) is 11.5 Å². The van der Waals surface area contributed by atoms with Gasteiger partial charge in [-0.2, -0.15) is 4.31 Å². The minimum Gasteiger partial charge on any atom is -0.507 e. The van der Waals surface area contributed by atoms with Crippen molar-refractivity contribution in [2.24, 2.45) is 4.99 Å². The van der Waals surface area contributed by atoms with Crippen molar-refractivity contribution in [2.75, 3.05) is 19.7 Å². The molecule has 0 aromatic heterocycles. The lowest BCUT2D eigenvalue weighted by Crippen LogP contribution is -2.31. The summed E-state index contributed by atoms with van der Waals surface area (Å²) < 4.78 is 32.9. The maximum absolute atomic E-state index is 13.0.